The van der Waals surface area contributed by atoms with Crippen LogP contribution in [0.3, 0.4) is 0 Å². The molecule has 0 radical (unpaired) electrons. The second-order valence-electron chi connectivity index (χ2n) is 5.51. The fraction of sp³-hybridized carbons (Fsp3) is 1.00. The SMILES string of the molecule is COCCCN1CC(C)NCC12CCCC2. The molecule has 1 spiro atoms. The highest BCUT2D eigenvalue weighted by Crippen LogP contribution is 2.36. The molecule has 1 unspecified atom stereocenters. The first kappa shape index (κ1) is 12.3. The topological polar surface area (TPSA) is 24.5 Å². The van der Waals surface area contributed by atoms with Crippen molar-refractivity contribution in [1.29, 1.82) is 0 Å². The summed E-state index contributed by atoms with van der Waals surface area (Å²) < 4.78 is 5.17. The summed E-state index contributed by atoms with van der Waals surface area (Å²) in [6.45, 7) is 6.81. The molecule has 3 heteroatoms. The van der Waals surface area contributed by atoms with E-state index >= 15 is 0 Å². The van der Waals surface area contributed by atoms with Crippen molar-refractivity contribution in [2.75, 3.05) is 33.4 Å². The van der Waals surface area contributed by atoms with Crippen LogP contribution in [0.2, 0.25) is 0 Å². The zero-order valence-corrected chi connectivity index (χ0v) is 10.8. The van der Waals surface area contributed by atoms with E-state index in [0.717, 1.165) is 6.61 Å². The predicted molar refractivity (Wildman–Crippen MR) is 66.7 cm³/mol. The normalized spacial score (nSPS) is 30.0. The minimum absolute atomic E-state index is 0.486. The minimum Gasteiger partial charge on any atom is -0.385 e. The van der Waals surface area contributed by atoms with Crippen LogP contribution in [0, 0.1) is 0 Å². The fourth-order valence-electron chi connectivity index (χ4n) is 3.32. The van der Waals surface area contributed by atoms with Crippen molar-refractivity contribution < 1.29 is 4.74 Å². The Balaban J connectivity index is 1.92. The van der Waals surface area contributed by atoms with Crippen molar-refractivity contribution >= 4 is 0 Å². The molecule has 1 aliphatic carbocycles. The molecule has 1 aliphatic heterocycles. The van der Waals surface area contributed by atoms with Gasteiger partial charge in [-0.15, -0.1) is 0 Å². The minimum atomic E-state index is 0.486. The quantitative estimate of drug-likeness (QED) is 0.737. The van der Waals surface area contributed by atoms with Gasteiger partial charge in [0.05, 0.1) is 0 Å². The van der Waals surface area contributed by atoms with Gasteiger partial charge in [0, 0.05) is 44.9 Å². The Morgan fingerprint density at radius 2 is 2.12 bits per heavy atom. The molecule has 0 aromatic carbocycles. The average Bonchev–Trinajstić information content (AvgIpc) is 2.74. The Morgan fingerprint density at radius 1 is 1.38 bits per heavy atom. The van der Waals surface area contributed by atoms with Crippen LogP contribution in [-0.4, -0.2) is 49.8 Å². The molecule has 1 heterocycles. The summed E-state index contributed by atoms with van der Waals surface area (Å²) >= 11 is 0. The van der Waals surface area contributed by atoms with Crippen molar-refractivity contribution in [3.8, 4) is 0 Å². The first-order valence-electron chi connectivity index (χ1n) is 6.74. The Kier molecular flexibility index (Phi) is 4.22. The van der Waals surface area contributed by atoms with Gasteiger partial charge in [0.15, 0.2) is 0 Å². The average molecular weight is 226 g/mol. The van der Waals surface area contributed by atoms with Gasteiger partial charge in [0.1, 0.15) is 0 Å². The maximum absolute atomic E-state index is 5.17. The molecule has 2 rings (SSSR count). The van der Waals surface area contributed by atoms with Crippen molar-refractivity contribution in [2.24, 2.45) is 0 Å². The highest BCUT2D eigenvalue weighted by molar-refractivity contribution is 5.00. The van der Waals surface area contributed by atoms with E-state index in [1.54, 1.807) is 7.11 Å². The number of nitrogens with one attached hydrogen (secondary N) is 1. The highest BCUT2D eigenvalue weighted by atomic mass is 16.5. The second kappa shape index (κ2) is 5.48. The van der Waals surface area contributed by atoms with Crippen molar-refractivity contribution in [3.05, 3.63) is 0 Å². The molecule has 3 nitrogen and oxygen atoms in total. The Bertz CT molecular complexity index is 214. The first-order chi connectivity index (χ1) is 7.77. The largest absolute Gasteiger partial charge is 0.385 e. The van der Waals surface area contributed by atoms with E-state index < -0.39 is 0 Å². The smallest absolute Gasteiger partial charge is 0.0474 e. The summed E-state index contributed by atoms with van der Waals surface area (Å²) in [7, 11) is 1.80. The summed E-state index contributed by atoms with van der Waals surface area (Å²) in [5.74, 6) is 0. The molecule has 0 bridgehead atoms. The lowest BCUT2D eigenvalue weighted by atomic mass is 9.91. The number of ether oxygens (including phenoxy) is 1. The van der Waals surface area contributed by atoms with Gasteiger partial charge in [-0.25, -0.2) is 0 Å². The third-order valence-electron chi connectivity index (χ3n) is 4.26. The molecule has 1 saturated carbocycles. The van der Waals surface area contributed by atoms with Crippen LogP contribution >= 0.6 is 0 Å². The molecule has 0 amide bonds. The molecule has 1 saturated heterocycles. The van der Waals surface area contributed by atoms with Crippen LogP contribution in [0.1, 0.15) is 39.0 Å². The lowest BCUT2D eigenvalue weighted by Crippen LogP contribution is -2.63. The zero-order valence-electron chi connectivity index (χ0n) is 10.8. The Hall–Kier alpha value is -0.120. The van der Waals surface area contributed by atoms with Gasteiger partial charge >= 0.3 is 0 Å². The van der Waals surface area contributed by atoms with Crippen LogP contribution in [0.5, 0.6) is 0 Å². The van der Waals surface area contributed by atoms with E-state index in [2.05, 4.69) is 17.1 Å². The molecule has 1 atom stereocenters. The van der Waals surface area contributed by atoms with E-state index in [4.69, 9.17) is 4.74 Å². The number of hydrogen-bond acceptors (Lipinski definition) is 3. The third-order valence-corrected chi connectivity index (χ3v) is 4.26. The van der Waals surface area contributed by atoms with E-state index in [1.165, 1.54) is 51.7 Å². The molecule has 16 heavy (non-hydrogen) atoms. The number of piperazine rings is 1. The van der Waals surface area contributed by atoms with Crippen LogP contribution in [0.15, 0.2) is 0 Å². The van der Waals surface area contributed by atoms with E-state index in [-0.39, 0.29) is 0 Å². The standard InChI is InChI=1S/C13H26N2O/c1-12-10-15(8-5-9-16-2)13(11-14-12)6-3-4-7-13/h12,14H,3-11H2,1-2H3. The number of rotatable bonds is 4. The van der Waals surface area contributed by atoms with Crippen molar-refractivity contribution in [1.82, 2.24) is 10.2 Å². The van der Waals surface area contributed by atoms with Gasteiger partial charge in [0.2, 0.25) is 0 Å². The molecule has 94 valence electrons. The van der Waals surface area contributed by atoms with E-state index in [1.807, 2.05) is 0 Å². The predicted octanol–water partition coefficient (Wildman–Crippen LogP) is 1.63. The first-order valence-corrected chi connectivity index (χ1v) is 6.74. The van der Waals surface area contributed by atoms with E-state index in [9.17, 15) is 0 Å². The third kappa shape index (κ3) is 2.58. The van der Waals surface area contributed by atoms with Crippen LogP contribution in [0.4, 0.5) is 0 Å². The lowest BCUT2D eigenvalue weighted by molar-refractivity contribution is 0.0387. The van der Waals surface area contributed by atoms with E-state index in [0.29, 0.717) is 11.6 Å². The van der Waals surface area contributed by atoms with Gasteiger partial charge in [-0.1, -0.05) is 12.8 Å². The van der Waals surface area contributed by atoms with Gasteiger partial charge in [-0.05, 0) is 26.2 Å². The molecule has 0 aromatic rings. The Labute approximate surface area is 99.5 Å². The molecule has 1 N–H and O–H groups in total. The van der Waals surface area contributed by atoms with Gasteiger partial charge in [-0.3, -0.25) is 4.90 Å². The maximum atomic E-state index is 5.17. The van der Waals surface area contributed by atoms with Crippen LogP contribution in [-0.2, 0) is 4.74 Å². The lowest BCUT2D eigenvalue weighted by Gasteiger charge is -2.47. The summed E-state index contributed by atoms with van der Waals surface area (Å²) in [6, 6.07) is 0.647. The van der Waals surface area contributed by atoms with Gasteiger partial charge < -0.3 is 10.1 Å². The molecular weight excluding hydrogens is 200 g/mol. The monoisotopic (exact) mass is 226 g/mol. The van der Waals surface area contributed by atoms with Crippen molar-refractivity contribution in [3.63, 3.8) is 0 Å². The number of methoxy groups -OCH3 is 1. The van der Waals surface area contributed by atoms with Crippen LogP contribution < -0.4 is 5.32 Å². The van der Waals surface area contributed by atoms with Crippen molar-refractivity contribution in [2.45, 2.75) is 50.6 Å². The number of hydrogen-bond donors (Lipinski definition) is 1. The second-order valence-corrected chi connectivity index (χ2v) is 5.51. The summed E-state index contributed by atoms with van der Waals surface area (Å²) in [4.78, 5) is 2.74. The van der Waals surface area contributed by atoms with Gasteiger partial charge in [0.25, 0.3) is 0 Å². The molecule has 2 fully saturated rings. The summed E-state index contributed by atoms with van der Waals surface area (Å²) in [5, 5.41) is 3.66. The Morgan fingerprint density at radius 3 is 2.81 bits per heavy atom. The number of nitrogens with zero attached hydrogens (tertiary/aromatic N) is 1. The molecule has 2 aliphatic rings. The highest BCUT2D eigenvalue weighted by Gasteiger charge is 2.42. The fourth-order valence-corrected chi connectivity index (χ4v) is 3.32. The zero-order chi connectivity index (χ0) is 11.4. The molecular formula is C13H26N2O. The maximum Gasteiger partial charge on any atom is 0.0474 e. The van der Waals surface area contributed by atoms with Gasteiger partial charge in [-0.2, -0.15) is 0 Å². The molecule has 0 aromatic heterocycles. The summed E-state index contributed by atoms with van der Waals surface area (Å²) in [6.07, 6.45) is 6.78. The summed E-state index contributed by atoms with van der Waals surface area (Å²) in [5.41, 5.74) is 0.486. The van der Waals surface area contributed by atoms with Crippen LogP contribution in [0.25, 0.3) is 0 Å².